The second-order valence-corrected chi connectivity index (χ2v) is 7.72. The first-order chi connectivity index (χ1) is 10.3. The van der Waals surface area contributed by atoms with Crippen molar-refractivity contribution >= 4 is 25.3 Å². The van der Waals surface area contributed by atoms with Gasteiger partial charge in [0.2, 0.25) is 0 Å². The maximum absolute atomic E-state index is 11.8. The van der Waals surface area contributed by atoms with E-state index in [-0.39, 0.29) is 26.9 Å². The third-order valence-corrected chi connectivity index (χ3v) is 6.07. The van der Waals surface area contributed by atoms with Crippen LogP contribution in [0.3, 0.4) is 0 Å². The van der Waals surface area contributed by atoms with E-state index in [4.69, 9.17) is 4.84 Å². The van der Waals surface area contributed by atoms with Crippen LogP contribution in [0.2, 0.25) is 4.82 Å². The van der Waals surface area contributed by atoms with Gasteiger partial charge in [-0.2, -0.15) is 0 Å². The van der Waals surface area contributed by atoms with E-state index in [0.717, 1.165) is 5.56 Å². The number of amides is 1. The van der Waals surface area contributed by atoms with Crippen molar-refractivity contribution in [2.45, 2.75) is 17.8 Å². The van der Waals surface area contributed by atoms with Crippen LogP contribution in [0.1, 0.15) is 18.5 Å². The van der Waals surface area contributed by atoms with Gasteiger partial charge in [0.1, 0.15) is 0 Å². The minimum atomic E-state index is -0.0322. The van der Waals surface area contributed by atoms with Gasteiger partial charge in [-0.1, -0.05) is 0 Å². The summed E-state index contributed by atoms with van der Waals surface area (Å²) in [6, 6.07) is 20.6. The summed E-state index contributed by atoms with van der Waals surface area (Å²) in [4.78, 5) is 17.8. The molecule has 21 heavy (non-hydrogen) atoms. The van der Waals surface area contributed by atoms with Crippen LogP contribution in [0.5, 0.6) is 0 Å². The Morgan fingerprint density at radius 1 is 1.10 bits per heavy atom. The molecule has 0 spiro atoms. The fourth-order valence-electron chi connectivity index (χ4n) is 2.54. The average Bonchev–Trinajstić information content (AvgIpc) is 2.93. The van der Waals surface area contributed by atoms with Gasteiger partial charge >= 0.3 is 131 Å². The summed E-state index contributed by atoms with van der Waals surface area (Å²) in [6.45, 7) is 2.17. The minimum absolute atomic E-state index is 0.0175. The van der Waals surface area contributed by atoms with Crippen LogP contribution in [0.4, 0.5) is 0 Å². The Balaban J connectivity index is 1.87. The number of hydrogen-bond donors (Lipinski definition) is 0. The number of benzene rings is 2. The van der Waals surface area contributed by atoms with Crippen molar-refractivity contribution in [2.24, 2.45) is 0 Å². The Bertz CT molecular complexity index is 603. The molecule has 3 rings (SSSR count). The molecule has 0 aromatic heterocycles. The quantitative estimate of drug-likeness (QED) is 0.799. The topological polar surface area (TPSA) is 29.5 Å². The molecule has 108 valence electrons. The summed E-state index contributed by atoms with van der Waals surface area (Å²) in [6.07, 6.45) is 0. The van der Waals surface area contributed by atoms with Gasteiger partial charge in [-0.25, -0.2) is 0 Å². The molecule has 0 radical (unpaired) electrons. The summed E-state index contributed by atoms with van der Waals surface area (Å²) in [7, 11) is 0. The van der Waals surface area contributed by atoms with Crippen LogP contribution in [0.25, 0.3) is 0 Å². The SMILES string of the molecule is CC(=O)N1OC[C@@H]([Se]c2ccccc2)[C@@H]1c1ccccc1. The van der Waals surface area contributed by atoms with E-state index in [9.17, 15) is 4.79 Å². The molecule has 1 saturated heterocycles. The number of carbonyl (C=O) groups excluding carboxylic acids is 1. The normalized spacial score (nSPS) is 21.5. The van der Waals surface area contributed by atoms with Crippen LogP contribution in [-0.4, -0.2) is 32.5 Å². The van der Waals surface area contributed by atoms with Gasteiger partial charge in [0, 0.05) is 0 Å². The van der Waals surface area contributed by atoms with Gasteiger partial charge in [-0.05, 0) is 0 Å². The molecular formula is C17H17NO2Se. The molecule has 0 bridgehead atoms. The Labute approximate surface area is 131 Å². The van der Waals surface area contributed by atoms with E-state index in [1.807, 2.05) is 24.3 Å². The van der Waals surface area contributed by atoms with Crippen LogP contribution in [-0.2, 0) is 9.63 Å². The van der Waals surface area contributed by atoms with E-state index in [1.165, 1.54) is 4.46 Å². The Hall–Kier alpha value is -1.61. The van der Waals surface area contributed by atoms with Crippen molar-refractivity contribution in [3.8, 4) is 0 Å². The van der Waals surface area contributed by atoms with Crippen LogP contribution in [0, 0.1) is 0 Å². The Morgan fingerprint density at radius 3 is 2.33 bits per heavy atom. The van der Waals surface area contributed by atoms with Gasteiger partial charge < -0.3 is 0 Å². The first-order valence-corrected chi connectivity index (χ1v) is 8.79. The third-order valence-electron chi connectivity index (χ3n) is 3.46. The standard InChI is InChI=1S/C17H17NO2Se/c1-13(19)18-17(14-8-4-2-5-9-14)16(12-20-18)21-15-10-6-3-7-11-15/h2-11,16-17H,12H2,1H3/t16-,17+/m1/s1. The zero-order valence-electron chi connectivity index (χ0n) is 11.8. The number of nitrogens with zero attached hydrogens (tertiary/aromatic N) is 1. The maximum atomic E-state index is 11.8. The second kappa shape index (κ2) is 6.44. The van der Waals surface area contributed by atoms with Gasteiger partial charge in [0.05, 0.1) is 0 Å². The zero-order valence-corrected chi connectivity index (χ0v) is 13.5. The summed E-state index contributed by atoms with van der Waals surface area (Å²) < 4.78 is 1.34. The molecule has 1 amide bonds. The fourth-order valence-corrected chi connectivity index (χ4v) is 5.03. The zero-order chi connectivity index (χ0) is 14.7. The Kier molecular flexibility index (Phi) is 4.39. The van der Waals surface area contributed by atoms with Gasteiger partial charge in [-0.15, -0.1) is 0 Å². The molecule has 1 heterocycles. The molecule has 2 aromatic carbocycles. The molecular weight excluding hydrogens is 329 g/mol. The van der Waals surface area contributed by atoms with Crippen molar-refractivity contribution in [3.63, 3.8) is 0 Å². The third kappa shape index (κ3) is 3.18. The second-order valence-electron chi connectivity index (χ2n) is 4.97. The van der Waals surface area contributed by atoms with Gasteiger partial charge in [0.25, 0.3) is 0 Å². The predicted molar refractivity (Wildman–Crippen MR) is 83.2 cm³/mol. The molecule has 1 fully saturated rings. The molecule has 4 heteroatoms. The van der Waals surface area contributed by atoms with Crippen molar-refractivity contribution in [1.82, 2.24) is 5.06 Å². The van der Waals surface area contributed by atoms with Crippen molar-refractivity contribution in [3.05, 3.63) is 66.2 Å². The number of hydrogen-bond acceptors (Lipinski definition) is 2. The van der Waals surface area contributed by atoms with Gasteiger partial charge in [0.15, 0.2) is 0 Å². The molecule has 1 aliphatic heterocycles. The van der Waals surface area contributed by atoms with Gasteiger partial charge in [-0.3, -0.25) is 0 Å². The van der Waals surface area contributed by atoms with E-state index in [2.05, 4.69) is 36.4 Å². The molecule has 1 aliphatic rings. The molecule has 3 nitrogen and oxygen atoms in total. The van der Waals surface area contributed by atoms with Crippen molar-refractivity contribution < 1.29 is 9.63 Å². The van der Waals surface area contributed by atoms with E-state index >= 15 is 0 Å². The first kappa shape index (κ1) is 14.3. The molecule has 0 aliphatic carbocycles. The van der Waals surface area contributed by atoms with E-state index in [0.29, 0.717) is 11.4 Å². The Morgan fingerprint density at radius 2 is 1.71 bits per heavy atom. The average molecular weight is 346 g/mol. The summed E-state index contributed by atoms with van der Waals surface area (Å²) in [5, 5.41) is 1.55. The molecule has 2 aromatic rings. The van der Waals surface area contributed by atoms with Crippen molar-refractivity contribution in [2.75, 3.05) is 6.61 Å². The number of rotatable bonds is 3. The molecule has 2 atom stereocenters. The monoisotopic (exact) mass is 347 g/mol. The molecule has 0 saturated carbocycles. The first-order valence-electron chi connectivity index (χ1n) is 6.95. The molecule has 0 N–H and O–H groups in total. The van der Waals surface area contributed by atoms with E-state index < -0.39 is 0 Å². The van der Waals surface area contributed by atoms with E-state index in [1.54, 1.807) is 12.0 Å². The summed E-state index contributed by atoms with van der Waals surface area (Å²) >= 11 is 0.270. The summed E-state index contributed by atoms with van der Waals surface area (Å²) in [5.41, 5.74) is 1.15. The molecule has 0 unspecified atom stereocenters. The number of carbonyl (C=O) groups is 1. The fraction of sp³-hybridized carbons (Fsp3) is 0.235. The predicted octanol–water partition coefficient (Wildman–Crippen LogP) is 2.34. The summed E-state index contributed by atoms with van der Waals surface area (Å²) in [5.74, 6) is -0.0322. The van der Waals surface area contributed by atoms with Crippen LogP contribution < -0.4 is 4.46 Å². The van der Waals surface area contributed by atoms with Crippen LogP contribution in [0.15, 0.2) is 60.7 Å². The van der Waals surface area contributed by atoms with Crippen LogP contribution >= 0.6 is 0 Å². The number of hydroxylamine groups is 2. The van der Waals surface area contributed by atoms with Crippen molar-refractivity contribution in [1.29, 1.82) is 0 Å².